The van der Waals surface area contributed by atoms with Gasteiger partial charge in [-0.05, 0) is 37.2 Å². The van der Waals surface area contributed by atoms with Gasteiger partial charge in [0.2, 0.25) is 0 Å². The minimum absolute atomic E-state index is 0.643. The van der Waals surface area contributed by atoms with Crippen LogP contribution in [0.1, 0.15) is 17.8 Å². The topological polar surface area (TPSA) is 77.9 Å². The molecule has 0 unspecified atom stereocenters. The van der Waals surface area contributed by atoms with Gasteiger partial charge in [-0.1, -0.05) is 12.1 Å². The smallest absolute Gasteiger partial charge is 0.377 e. The number of rotatable bonds is 12. The predicted molar refractivity (Wildman–Crippen MR) is 108 cm³/mol. The van der Waals surface area contributed by atoms with Crippen LogP contribution in [0.15, 0.2) is 53.8 Å². The first kappa shape index (κ1) is 21.3. The standard InChI is InChI=1S/C19H28N4O3Si/c1-24-27(25-2,26-3)16-8-11-20-14-15-23-19(17-9-4-6-12-21-17)18-10-5-7-13-22-18/h4-7,9-10,12-13,20H,8,11,14-16H2,1-3H3. The molecule has 0 radical (unpaired) electrons. The van der Waals surface area contributed by atoms with Crippen LogP contribution in [-0.4, -0.2) is 65.4 Å². The van der Waals surface area contributed by atoms with Gasteiger partial charge in [-0.2, -0.15) is 0 Å². The summed E-state index contributed by atoms with van der Waals surface area (Å²) in [7, 11) is 2.44. The Balaban J connectivity index is 1.85. The summed E-state index contributed by atoms with van der Waals surface area (Å²) < 4.78 is 16.3. The molecule has 146 valence electrons. The lowest BCUT2D eigenvalue weighted by Crippen LogP contribution is -2.43. The summed E-state index contributed by atoms with van der Waals surface area (Å²) in [6.07, 6.45) is 4.45. The lowest BCUT2D eigenvalue weighted by atomic mass is 10.1. The normalized spacial score (nSPS) is 11.4. The molecule has 0 aliphatic carbocycles. The van der Waals surface area contributed by atoms with Crippen molar-refractivity contribution in [2.24, 2.45) is 4.99 Å². The molecule has 8 heteroatoms. The first-order valence-corrected chi connectivity index (χ1v) is 10.9. The Bertz CT molecular complexity index is 632. The van der Waals surface area contributed by atoms with E-state index in [4.69, 9.17) is 18.3 Å². The monoisotopic (exact) mass is 388 g/mol. The number of pyridine rings is 2. The maximum atomic E-state index is 5.42. The third-order valence-electron chi connectivity index (χ3n) is 4.14. The van der Waals surface area contributed by atoms with Crippen LogP contribution in [0.5, 0.6) is 0 Å². The number of hydrogen-bond acceptors (Lipinski definition) is 7. The molecule has 1 N–H and O–H groups in total. The molecule has 2 rings (SSSR count). The highest BCUT2D eigenvalue weighted by Crippen LogP contribution is 2.14. The minimum Gasteiger partial charge on any atom is -0.377 e. The summed E-state index contributed by atoms with van der Waals surface area (Å²) in [6.45, 7) is 2.26. The van der Waals surface area contributed by atoms with Crippen molar-refractivity contribution in [1.82, 2.24) is 15.3 Å². The van der Waals surface area contributed by atoms with Gasteiger partial charge in [0.1, 0.15) is 5.71 Å². The Morgan fingerprint density at radius 3 is 2.00 bits per heavy atom. The van der Waals surface area contributed by atoms with Gasteiger partial charge in [0.25, 0.3) is 0 Å². The van der Waals surface area contributed by atoms with Crippen LogP contribution < -0.4 is 5.32 Å². The lowest BCUT2D eigenvalue weighted by molar-refractivity contribution is 0.123. The third-order valence-corrected chi connectivity index (χ3v) is 6.98. The van der Waals surface area contributed by atoms with Crippen molar-refractivity contribution in [3.63, 3.8) is 0 Å². The summed E-state index contributed by atoms with van der Waals surface area (Å²) in [4.78, 5) is 13.5. The molecule has 0 aliphatic rings. The molecule has 2 aromatic heterocycles. The Morgan fingerprint density at radius 1 is 0.926 bits per heavy atom. The number of aliphatic imine (C=N–C) groups is 1. The van der Waals surface area contributed by atoms with Crippen molar-refractivity contribution in [2.75, 3.05) is 41.0 Å². The predicted octanol–water partition coefficient (Wildman–Crippen LogP) is 2.17. The van der Waals surface area contributed by atoms with Gasteiger partial charge >= 0.3 is 8.80 Å². The fourth-order valence-electron chi connectivity index (χ4n) is 2.66. The van der Waals surface area contributed by atoms with E-state index in [9.17, 15) is 0 Å². The second-order valence-electron chi connectivity index (χ2n) is 5.81. The van der Waals surface area contributed by atoms with Crippen molar-refractivity contribution in [2.45, 2.75) is 12.5 Å². The molecule has 27 heavy (non-hydrogen) atoms. The van der Waals surface area contributed by atoms with E-state index >= 15 is 0 Å². The maximum absolute atomic E-state index is 5.42. The zero-order valence-corrected chi connectivity index (χ0v) is 17.2. The van der Waals surface area contributed by atoms with Crippen LogP contribution in [0.2, 0.25) is 6.04 Å². The summed E-state index contributed by atoms with van der Waals surface area (Å²) in [5.74, 6) is 0. The van der Waals surface area contributed by atoms with Gasteiger partial charge in [-0.3, -0.25) is 15.0 Å². The molecule has 0 bridgehead atoms. The van der Waals surface area contributed by atoms with E-state index in [1.807, 2.05) is 36.4 Å². The maximum Gasteiger partial charge on any atom is 0.500 e. The molecular weight excluding hydrogens is 360 g/mol. The van der Waals surface area contributed by atoms with E-state index < -0.39 is 8.80 Å². The molecule has 2 heterocycles. The van der Waals surface area contributed by atoms with Gasteiger partial charge in [-0.25, -0.2) is 0 Å². The molecular formula is C19H28N4O3Si. The number of aromatic nitrogens is 2. The fraction of sp³-hybridized carbons (Fsp3) is 0.421. The first-order chi connectivity index (χ1) is 13.2. The van der Waals surface area contributed by atoms with E-state index in [0.29, 0.717) is 6.54 Å². The van der Waals surface area contributed by atoms with E-state index in [2.05, 4.69) is 15.3 Å². The van der Waals surface area contributed by atoms with Crippen LogP contribution in [-0.2, 0) is 13.3 Å². The molecule has 2 aromatic rings. The zero-order valence-electron chi connectivity index (χ0n) is 16.2. The molecule has 0 saturated carbocycles. The number of nitrogens with one attached hydrogen (secondary N) is 1. The highest BCUT2D eigenvalue weighted by Gasteiger charge is 2.36. The average molecular weight is 389 g/mol. The zero-order chi connectivity index (χ0) is 19.4. The Hall–Kier alpha value is -1.97. The molecule has 0 fully saturated rings. The van der Waals surface area contributed by atoms with Gasteiger partial charge in [0.15, 0.2) is 0 Å². The highest BCUT2D eigenvalue weighted by molar-refractivity contribution is 6.60. The second-order valence-corrected chi connectivity index (χ2v) is 8.90. The van der Waals surface area contributed by atoms with Crippen LogP contribution in [0, 0.1) is 0 Å². The quantitative estimate of drug-likeness (QED) is 0.341. The second kappa shape index (κ2) is 11.7. The van der Waals surface area contributed by atoms with Crippen LogP contribution >= 0.6 is 0 Å². The van der Waals surface area contributed by atoms with E-state index in [-0.39, 0.29) is 0 Å². The van der Waals surface area contributed by atoms with Gasteiger partial charge in [0, 0.05) is 46.3 Å². The Morgan fingerprint density at radius 2 is 1.52 bits per heavy atom. The summed E-state index contributed by atoms with van der Waals surface area (Å²) in [5.41, 5.74) is 2.46. The van der Waals surface area contributed by atoms with Crippen molar-refractivity contribution in [1.29, 1.82) is 0 Å². The van der Waals surface area contributed by atoms with Crippen molar-refractivity contribution in [3.8, 4) is 0 Å². The summed E-state index contributed by atoms with van der Waals surface area (Å²) in [6, 6.07) is 12.4. The molecule has 7 nitrogen and oxygen atoms in total. The van der Waals surface area contributed by atoms with Crippen LogP contribution in [0.3, 0.4) is 0 Å². The molecule has 0 aromatic carbocycles. The van der Waals surface area contributed by atoms with Crippen molar-refractivity contribution in [3.05, 3.63) is 60.2 Å². The van der Waals surface area contributed by atoms with Gasteiger partial charge < -0.3 is 18.6 Å². The summed E-state index contributed by atoms with van der Waals surface area (Å²) >= 11 is 0. The molecule has 0 atom stereocenters. The lowest BCUT2D eigenvalue weighted by Gasteiger charge is -2.24. The van der Waals surface area contributed by atoms with Crippen molar-refractivity contribution < 1.29 is 13.3 Å². The fourth-order valence-corrected chi connectivity index (χ4v) is 4.38. The number of hydrogen-bond donors (Lipinski definition) is 1. The van der Waals surface area contributed by atoms with Crippen LogP contribution in [0.25, 0.3) is 0 Å². The largest absolute Gasteiger partial charge is 0.500 e. The highest BCUT2D eigenvalue weighted by atomic mass is 28.4. The number of nitrogens with zero attached hydrogens (tertiary/aromatic N) is 3. The van der Waals surface area contributed by atoms with Gasteiger partial charge in [-0.15, -0.1) is 0 Å². The van der Waals surface area contributed by atoms with Crippen LogP contribution in [0.4, 0.5) is 0 Å². The van der Waals surface area contributed by atoms with E-state index in [1.165, 1.54) is 0 Å². The Kier molecular flexibility index (Phi) is 9.23. The third kappa shape index (κ3) is 6.60. The van der Waals surface area contributed by atoms with Gasteiger partial charge in [0.05, 0.1) is 17.9 Å². The minimum atomic E-state index is -2.48. The first-order valence-electron chi connectivity index (χ1n) is 8.98. The summed E-state index contributed by atoms with van der Waals surface area (Å²) in [5, 5.41) is 3.40. The SMILES string of the molecule is CO[Si](CCCNCCN=C(c1ccccn1)c1ccccn1)(OC)OC. The van der Waals surface area contributed by atoms with Crippen molar-refractivity contribution >= 4 is 14.5 Å². The molecule has 0 saturated heterocycles. The average Bonchev–Trinajstić information content (AvgIpc) is 2.74. The van der Waals surface area contributed by atoms with E-state index in [1.54, 1.807) is 33.7 Å². The Labute approximate surface area is 162 Å². The molecule has 0 amide bonds. The molecule has 0 spiro atoms. The molecule has 0 aliphatic heterocycles. The van der Waals surface area contributed by atoms with E-state index in [0.717, 1.165) is 42.7 Å².